The minimum Gasteiger partial charge on any atom is -0.443 e. The minimum absolute atomic E-state index is 0.684. The van der Waals surface area contributed by atoms with Crippen LogP contribution in [0.4, 0.5) is 5.69 Å². The van der Waals surface area contributed by atoms with E-state index >= 15 is 0 Å². The van der Waals surface area contributed by atoms with E-state index in [0.717, 1.165) is 17.9 Å². The van der Waals surface area contributed by atoms with Crippen LogP contribution in [0.5, 0.6) is 5.75 Å². The number of ether oxygens (including phenoxy) is 1. The Morgan fingerprint density at radius 1 is 1.06 bits per heavy atom. The summed E-state index contributed by atoms with van der Waals surface area (Å²) in [6, 6.07) is 17.0. The van der Waals surface area contributed by atoms with Crippen molar-refractivity contribution in [1.29, 1.82) is 0 Å². The molecule has 0 aliphatic rings. The van der Waals surface area contributed by atoms with Crippen LogP contribution in [0.3, 0.4) is 0 Å². The van der Waals surface area contributed by atoms with E-state index in [0.29, 0.717) is 10.9 Å². The maximum absolute atomic E-state index is 5.83. The lowest BCUT2D eigenvalue weighted by molar-refractivity contribution is 0.536. The highest BCUT2D eigenvalue weighted by atomic mass is 35.5. The number of benzene rings is 2. The molecule has 0 N–H and O–H groups in total. The lowest BCUT2D eigenvalue weighted by Crippen LogP contribution is -2.06. The van der Waals surface area contributed by atoms with Crippen molar-refractivity contribution in [3.8, 4) is 5.75 Å². The van der Waals surface area contributed by atoms with E-state index in [9.17, 15) is 0 Å². The highest BCUT2D eigenvalue weighted by Crippen LogP contribution is 2.18. The molecule has 92 valence electrons. The van der Waals surface area contributed by atoms with Crippen LogP contribution in [0, 0.1) is 0 Å². The van der Waals surface area contributed by atoms with Crippen molar-refractivity contribution in [2.24, 2.45) is 4.99 Å². The molecular weight excluding hydrogens is 246 g/mol. The van der Waals surface area contributed by atoms with Gasteiger partial charge in [0.25, 0.3) is 0 Å². The highest BCUT2D eigenvalue weighted by molar-refractivity contribution is 6.30. The fraction of sp³-hybridized carbons (Fsp3) is 0.133. The molecule has 0 spiro atoms. The van der Waals surface area contributed by atoms with Crippen LogP contribution in [0.25, 0.3) is 0 Å². The summed E-state index contributed by atoms with van der Waals surface area (Å²) in [4.78, 5) is 4.45. The Balaban J connectivity index is 2.15. The second kappa shape index (κ2) is 6.22. The van der Waals surface area contributed by atoms with Gasteiger partial charge < -0.3 is 4.74 Å². The Hall–Kier alpha value is -1.80. The molecule has 0 unspecified atom stereocenters. The van der Waals surface area contributed by atoms with E-state index in [1.165, 1.54) is 0 Å². The third-order valence-corrected chi connectivity index (χ3v) is 2.61. The van der Waals surface area contributed by atoms with Crippen molar-refractivity contribution in [2.45, 2.75) is 13.3 Å². The number of hydrogen-bond donors (Lipinski definition) is 0. The Morgan fingerprint density at radius 2 is 1.72 bits per heavy atom. The van der Waals surface area contributed by atoms with E-state index in [2.05, 4.69) is 4.99 Å². The zero-order chi connectivity index (χ0) is 12.8. The van der Waals surface area contributed by atoms with Crippen LogP contribution in [0.1, 0.15) is 13.3 Å². The Kier molecular flexibility index (Phi) is 4.37. The van der Waals surface area contributed by atoms with Crippen molar-refractivity contribution in [2.75, 3.05) is 0 Å². The number of rotatable bonds is 3. The Labute approximate surface area is 112 Å². The second-order valence-corrected chi connectivity index (χ2v) is 4.19. The van der Waals surface area contributed by atoms with Crippen molar-refractivity contribution in [3.63, 3.8) is 0 Å². The molecule has 0 aromatic heterocycles. The van der Waals surface area contributed by atoms with E-state index in [-0.39, 0.29) is 0 Å². The first-order valence-corrected chi connectivity index (χ1v) is 6.22. The van der Waals surface area contributed by atoms with Crippen LogP contribution >= 0.6 is 11.6 Å². The first-order chi connectivity index (χ1) is 8.78. The number of para-hydroxylation sites is 1. The number of halogens is 1. The maximum Gasteiger partial charge on any atom is 0.194 e. The van der Waals surface area contributed by atoms with Gasteiger partial charge in [0.2, 0.25) is 0 Å². The summed E-state index contributed by atoms with van der Waals surface area (Å²) in [5.74, 6) is 1.48. The zero-order valence-electron chi connectivity index (χ0n) is 10.1. The molecule has 0 heterocycles. The van der Waals surface area contributed by atoms with Crippen LogP contribution < -0.4 is 4.74 Å². The molecule has 0 fully saturated rings. The molecule has 18 heavy (non-hydrogen) atoms. The van der Waals surface area contributed by atoms with Crippen molar-refractivity contribution >= 4 is 23.2 Å². The van der Waals surface area contributed by atoms with Crippen molar-refractivity contribution in [3.05, 3.63) is 59.6 Å². The lowest BCUT2D eigenvalue weighted by atomic mass is 10.3. The molecule has 0 saturated carbocycles. The van der Waals surface area contributed by atoms with Gasteiger partial charge in [-0.15, -0.1) is 0 Å². The second-order valence-electron chi connectivity index (χ2n) is 3.75. The van der Waals surface area contributed by atoms with Gasteiger partial charge in [-0.1, -0.05) is 36.7 Å². The van der Waals surface area contributed by atoms with Crippen LogP contribution in [-0.2, 0) is 0 Å². The van der Waals surface area contributed by atoms with E-state index in [4.69, 9.17) is 16.3 Å². The molecule has 0 amide bonds. The molecule has 2 nitrogen and oxygen atoms in total. The molecule has 0 saturated heterocycles. The number of aliphatic imine (C=N–C) groups is 1. The maximum atomic E-state index is 5.83. The SMILES string of the molecule is CCC(=Nc1ccc(Cl)cc1)Oc1ccccc1. The third-order valence-electron chi connectivity index (χ3n) is 2.36. The molecule has 0 bridgehead atoms. The monoisotopic (exact) mass is 259 g/mol. The topological polar surface area (TPSA) is 21.6 Å². The molecule has 2 rings (SSSR count). The lowest BCUT2D eigenvalue weighted by Gasteiger charge is -2.06. The average molecular weight is 260 g/mol. The predicted molar refractivity (Wildman–Crippen MR) is 75.9 cm³/mol. The number of hydrogen-bond acceptors (Lipinski definition) is 2. The molecular formula is C15H14ClNO. The molecule has 2 aromatic carbocycles. The predicted octanol–water partition coefficient (Wildman–Crippen LogP) is 4.86. The summed E-state index contributed by atoms with van der Waals surface area (Å²) in [5, 5.41) is 0.705. The van der Waals surface area contributed by atoms with Gasteiger partial charge in [0, 0.05) is 11.4 Å². The molecule has 3 heteroatoms. The quantitative estimate of drug-likeness (QED) is 0.570. The summed E-state index contributed by atoms with van der Waals surface area (Å²) in [7, 11) is 0. The van der Waals surface area contributed by atoms with Crippen LogP contribution in [0.2, 0.25) is 5.02 Å². The Morgan fingerprint density at radius 3 is 2.33 bits per heavy atom. The van der Waals surface area contributed by atoms with E-state index in [1.807, 2.05) is 61.5 Å². The molecule has 2 aromatic rings. The minimum atomic E-state index is 0.684. The summed E-state index contributed by atoms with van der Waals surface area (Å²) < 4.78 is 5.71. The Bertz CT molecular complexity index is 520. The van der Waals surface area contributed by atoms with Gasteiger partial charge in [-0.2, -0.15) is 0 Å². The van der Waals surface area contributed by atoms with Crippen LogP contribution in [-0.4, -0.2) is 5.90 Å². The van der Waals surface area contributed by atoms with Gasteiger partial charge in [0.05, 0.1) is 5.69 Å². The van der Waals surface area contributed by atoms with Gasteiger partial charge in [-0.3, -0.25) is 0 Å². The fourth-order valence-corrected chi connectivity index (χ4v) is 1.58. The third kappa shape index (κ3) is 3.60. The zero-order valence-corrected chi connectivity index (χ0v) is 10.9. The van der Waals surface area contributed by atoms with Crippen LogP contribution in [0.15, 0.2) is 59.6 Å². The van der Waals surface area contributed by atoms with Gasteiger partial charge in [0.15, 0.2) is 5.90 Å². The van der Waals surface area contributed by atoms with Crippen molar-refractivity contribution in [1.82, 2.24) is 0 Å². The molecule has 0 atom stereocenters. The first kappa shape index (κ1) is 12.7. The smallest absolute Gasteiger partial charge is 0.194 e. The van der Waals surface area contributed by atoms with E-state index < -0.39 is 0 Å². The van der Waals surface area contributed by atoms with E-state index in [1.54, 1.807) is 0 Å². The van der Waals surface area contributed by atoms with Gasteiger partial charge in [-0.25, -0.2) is 4.99 Å². The van der Waals surface area contributed by atoms with Gasteiger partial charge in [0.1, 0.15) is 5.75 Å². The largest absolute Gasteiger partial charge is 0.443 e. The molecule has 0 aliphatic carbocycles. The standard InChI is InChI=1S/C15H14ClNO/c1-2-15(18-14-6-4-3-5-7-14)17-13-10-8-12(16)9-11-13/h3-11H,2H2,1H3. The van der Waals surface area contributed by atoms with Gasteiger partial charge in [-0.05, 0) is 36.4 Å². The summed E-state index contributed by atoms with van der Waals surface area (Å²) in [6.45, 7) is 2.01. The first-order valence-electron chi connectivity index (χ1n) is 5.84. The van der Waals surface area contributed by atoms with Gasteiger partial charge >= 0.3 is 0 Å². The average Bonchev–Trinajstić information content (AvgIpc) is 2.41. The fourth-order valence-electron chi connectivity index (χ4n) is 1.46. The number of nitrogens with zero attached hydrogens (tertiary/aromatic N) is 1. The van der Waals surface area contributed by atoms with Crippen molar-refractivity contribution < 1.29 is 4.74 Å². The molecule has 0 aliphatic heterocycles. The molecule has 0 radical (unpaired) electrons. The summed E-state index contributed by atoms with van der Waals surface area (Å²) in [5.41, 5.74) is 0.840. The highest BCUT2D eigenvalue weighted by Gasteiger charge is 2.00. The normalized spacial score (nSPS) is 11.3. The summed E-state index contributed by atoms with van der Waals surface area (Å²) in [6.07, 6.45) is 0.734. The summed E-state index contributed by atoms with van der Waals surface area (Å²) >= 11 is 5.83.